The van der Waals surface area contributed by atoms with Crippen molar-refractivity contribution in [2.75, 3.05) is 0 Å². The van der Waals surface area contributed by atoms with Crippen LogP contribution < -0.4 is 10.8 Å². The molecule has 1 atom stereocenters. The topological polar surface area (TPSA) is 87.7 Å². The van der Waals surface area contributed by atoms with Crippen LogP contribution in [0, 0.1) is 0 Å². The molecule has 0 aromatic carbocycles. The second-order valence-corrected chi connectivity index (χ2v) is 4.46. The Bertz CT molecular complexity index is 248. The van der Waals surface area contributed by atoms with Gasteiger partial charge < -0.3 is 10.1 Å². The molecular weight excluding hydrogens is 212 g/mol. The fourth-order valence-electron chi connectivity index (χ4n) is 1.09. The van der Waals surface area contributed by atoms with Gasteiger partial charge in [0.2, 0.25) is 0 Å². The summed E-state index contributed by atoms with van der Waals surface area (Å²) in [4.78, 5) is 22.5. The summed E-state index contributed by atoms with van der Waals surface area (Å²) in [5, 5.41) is 10.9. The highest BCUT2D eigenvalue weighted by atomic mass is 16.6. The van der Waals surface area contributed by atoms with Gasteiger partial charge in [0, 0.05) is 0 Å². The molecule has 0 radical (unpaired) electrons. The van der Waals surface area contributed by atoms with Gasteiger partial charge in [-0.1, -0.05) is 13.3 Å². The maximum absolute atomic E-state index is 11.4. The Labute approximate surface area is 95.3 Å². The quantitative estimate of drug-likeness (QED) is 0.502. The molecule has 0 aliphatic carbocycles. The van der Waals surface area contributed by atoms with E-state index < -0.39 is 23.6 Å². The van der Waals surface area contributed by atoms with E-state index in [1.54, 1.807) is 20.8 Å². The molecule has 0 heterocycles. The van der Waals surface area contributed by atoms with Gasteiger partial charge in [-0.2, -0.15) is 0 Å². The third-order valence-corrected chi connectivity index (χ3v) is 1.69. The predicted molar refractivity (Wildman–Crippen MR) is 58.0 cm³/mol. The largest absolute Gasteiger partial charge is 0.444 e. The maximum Gasteiger partial charge on any atom is 0.408 e. The Morgan fingerprint density at radius 3 is 2.31 bits per heavy atom. The van der Waals surface area contributed by atoms with Crippen LogP contribution in [0.25, 0.3) is 0 Å². The number of ether oxygens (including phenoxy) is 1. The van der Waals surface area contributed by atoms with Crippen LogP contribution in [0.5, 0.6) is 0 Å². The van der Waals surface area contributed by atoms with Gasteiger partial charge in [-0.15, -0.1) is 0 Å². The molecule has 0 aromatic heterocycles. The minimum atomic E-state index is -0.773. The van der Waals surface area contributed by atoms with Crippen molar-refractivity contribution in [3.05, 3.63) is 0 Å². The number of hydroxylamine groups is 1. The molecule has 0 bridgehead atoms. The zero-order valence-electron chi connectivity index (χ0n) is 10.2. The fraction of sp³-hybridized carbons (Fsp3) is 0.800. The first kappa shape index (κ1) is 14.7. The highest BCUT2D eigenvalue weighted by molar-refractivity contribution is 5.84. The number of amides is 2. The zero-order valence-corrected chi connectivity index (χ0v) is 10.2. The molecule has 0 fully saturated rings. The molecule has 6 heteroatoms. The molecule has 0 saturated carbocycles. The Morgan fingerprint density at radius 1 is 1.38 bits per heavy atom. The SMILES string of the molecule is CCCC(NC(=O)OC(C)(C)C)C(=O)NO. The van der Waals surface area contributed by atoms with Crippen molar-refractivity contribution < 1.29 is 19.5 Å². The third kappa shape index (κ3) is 6.23. The number of carbonyl (C=O) groups excluding carboxylic acids is 2. The summed E-state index contributed by atoms with van der Waals surface area (Å²) >= 11 is 0. The fourth-order valence-corrected chi connectivity index (χ4v) is 1.09. The van der Waals surface area contributed by atoms with E-state index in [1.165, 1.54) is 5.48 Å². The number of rotatable bonds is 4. The van der Waals surface area contributed by atoms with Crippen LogP contribution in [0.1, 0.15) is 40.5 Å². The van der Waals surface area contributed by atoms with Gasteiger partial charge in [0.15, 0.2) is 0 Å². The summed E-state index contributed by atoms with van der Waals surface area (Å²) in [5.41, 5.74) is 0.894. The van der Waals surface area contributed by atoms with Crippen LogP contribution in [0.4, 0.5) is 4.79 Å². The Morgan fingerprint density at radius 2 is 1.94 bits per heavy atom. The molecule has 3 N–H and O–H groups in total. The molecule has 1 unspecified atom stereocenters. The minimum Gasteiger partial charge on any atom is -0.444 e. The predicted octanol–water partition coefficient (Wildman–Crippen LogP) is 1.19. The molecule has 6 nitrogen and oxygen atoms in total. The van der Waals surface area contributed by atoms with Crippen molar-refractivity contribution in [3.63, 3.8) is 0 Å². The van der Waals surface area contributed by atoms with Gasteiger partial charge in [0.25, 0.3) is 5.91 Å². The molecule has 16 heavy (non-hydrogen) atoms. The average molecular weight is 232 g/mol. The highest BCUT2D eigenvalue weighted by Gasteiger charge is 2.23. The van der Waals surface area contributed by atoms with E-state index in [4.69, 9.17) is 9.94 Å². The minimum absolute atomic E-state index is 0.436. The van der Waals surface area contributed by atoms with E-state index >= 15 is 0 Å². The summed E-state index contributed by atoms with van der Waals surface area (Å²) in [5.74, 6) is -0.646. The second kappa shape index (κ2) is 6.32. The summed E-state index contributed by atoms with van der Waals surface area (Å²) in [7, 11) is 0. The van der Waals surface area contributed by atoms with Crippen LogP contribution >= 0.6 is 0 Å². The van der Waals surface area contributed by atoms with Crippen molar-refractivity contribution in [1.82, 2.24) is 10.8 Å². The number of hydrogen-bond donors (Lipinski definition) is 3. The van der Waals surface area contributed by atoms with Gasteiger partial charge in [-0.3, -0.25) is 10.0 Å². The highest BCUT2D eigenvalue weighted by Crippen LogP contribution is 2.07. The van der Waals surface area contributed by atoms with Crippen molar-refractivity contribution in [2.24, 2.45) is 0 Å². The Balaban J connectivity index is 4.29. The van der Waals surface area contributed by atoms with E-state index in [2.05, 4.69) is 5.32 Å². The number of nitrogens with one attached hydrogen (secondary N) is 2. The average Bonchev–Trinajstić information content (AvgIpc) is 2.13. The van der Waals surface area contributed by atoms with Crippen LogP contribution in [0.15, 0.2) is 0 Å². The normalized spacial score (nSPS) is 12.8. The van der Waals surface area contributed by atoms with Crippen LogP contribution in [0.3, 0.4) is 0 Å². The molecule has 0 aromatic rings. The van der Waals surface area contributed by atoms with Crippen LogP contribution in [-0.2, 0) is 9.53 Å². The summed E-state index contributed by atoms with van der Waals surface area (Å²) in [6, 6.07) is -0.773. The maximum atomic E-state index is 11.4. The van der Waals surface area contributed by atoms with Crippen LogP contribution in [-0.4, -0.2) is 28.9 Å². The van der Waals surface area contributed by atoms with Crippen molar-refractivity contribution in [2.45, 2.75) is 52.2 Å². The number of carbonyl (C=O) groups is 2. The lowest BCUT2D eigenvalue weighted by Crippen LogP contribution is -2.47. The molecule has 0 spiro atoms. The van der Waals surface area contributed by atoms with Crippen molar-refractivity contribution in [1.29, 1.82) is 0 Å². The van der Waals surface area contributed by atoms with Gasteiger partial charge in [-0.05, 0) is 27.2 Å². The lowest BCUT2D eigenvalue weighted by molar-refractivity contribution is -0.131. The molecule has 0 rings (SSSR count). The van der Waals surface area contributed by atoms with Crippen molar-refractivity contribution >= 4 is 12.0 Å². The molecule has 2 amide bonds. The first-order valence-electron chi connectivity index (χ1n) is 5.23. The first-order valence-corrected chi connectivity index (χ1v) is 5.23. The van der Waals surface area contributed by atoms with Crippen LogP contribution in [0.2, 0.25) is 0 Å². The van der Waals surface area contributed by atoms with Gasteiger partial charge in [0.1, 0.15) is 11.6 Å². The molecular formula is C10H20N2O4. The van der Waals surface area contributed by atoms with E-state index in [1.807, 2.05) is 6.92 Å². The molecule has 0 saturated heterocycles. The Kier molecular flexibility index (Phi) is 5.81. The van der Waals surface area contributed by atoms with Gasteiger partial charge in [0.05, 0.1) is 0 Å². The number of hydrogen-bond acceptors (Lipinski definition) is 4. The number of alkyl carbamates (subject to hydrolysis) is 1. The summed E-state index contributed by atoms with van der Waals surface area (Å²) in [6.45, 7) is 7.06. The molecule has 0 aliphatic rings. The van der Waals surface area contributed by atoms with Gasteiger partial charge >= 0.3 is 6.09 Å². The van der Waals surface area contributed by atoms with Gasteiger partial charge in [-0.25, -0.2) is 10.3 Å². The van der Waals surface area contributed by atoms with Crippen molar-refractivity contribution in [3.8, 4) is 0 Å². The first-order chi connectivity index (χ1) is 7.30. The standard InChI is InChI=1S/C10H20N2O4/c1-5-6-7(8(13)12-15)11-9(14)16-10(2,3)4/h7,15H,5-6H2,1-4H3,(H,11,14)(H,12,13). The summed E-state index contributed by atoms with van der Waals surface area (Å²) < 4.78 is 5.00. The molecule has 94 valence electrons. The van der Waals surface area contributed by atoms with E-state index in [0.29, 0.717) is 12.8 Å². The zero-order chi connectivity index (χ0) is 12.8. The second-order valence-electron chi connectivity index (χ2n) is 4.46. The lowest BCUT2D eigenvalue weighted by Gasteiger charge is -2.22. The van der Waals surface area contributed by atoms with E-state index in [0.717, 1.165) is 0 Å². The van der Waals surface area contributed by atoms with E-state index in [9.17, 15) is 9.59 Å². The molecule has 0 aliphatic heterocycles. The third-order valence-electron chi connectivity index (χ3n) is 1.69. The van der Waals surface area contributed by atoms with E-state index in [-0.39, 0.29) is 0 Å². The monoisotopic (exact) mass is 232 g/mol. The Hall–Kier alpha value is -1.30. The summed E-state index contributed by atoms with van der Waals surface area (Å²) in [6.07, 6.45) is 0.467. The lowest BCUT2D eigenvalue weighted by atomic mass is 10.1. The smallest absolute Gasteiger partial charge is 0.408 e.